The minimum absolute atomic E-state index is 0.0724. The van der Waals surface area contributed by atoms with Crippen LogP contribution >= 0.6 is 0 Å². The maximum atomic E-state index is 12.1. The molecule has 5 nitrogen and oxygen atoms in total. The Morgan fingerprint density at radius 3 is 2.70 bits per heavy atom. The monoisotopic (exact) mass is 358 g/mol. The molecule has 1 amide bonds. The lowest BCUT2D eigenvalue weighted by Gasteiger charge is -2.07. The second kappa shape index (κ2) is 7.91. The van der Waals surface area contributed by atoms with Crippen molar-refractivity contribution in [3.05, 3.63) is 84.8 Å². The zero-order valence-corrected chi connectivity index (χ0v) is 15.1. The molecule has 0 aliphatic carbocycles. The molecular weight excluding hydrogens is 336 g/mol. The van der Waals surface area contributed by atoms with Crippen LogP contribution in [0.25, 0.3) is 16.6 Å². The molecule has 0 atom stereocenters. The average Bonchev–Trinajstić information content (AvgIpc) is 3.34. The molecule has 5 heteroatoms. The maximum absolute atomic E-state index is 12.1. The first-order valence-corrected chi connectivity index (χ1v) is 9.19. The molecule has 4 rings (SSSR count). The number of carbonyl (C=O) groups is 1. The van der Waals surface area contributed by atoms with Crippen LogP contribution < -0.4 is 5.32 Å². The summed E-state index contributed by atoms with van der Waals surface area (Å²) < 4.78 is 3.98. The second-order valence-electron chi connectivity index (χ2n) is 6.55. The molecule has 136 valence electrons. The van der Waals surface area contributed by atoms with Gasteiger partial charge in [0.2, 0.25) is 5.91 Å². The van der Waals surface area contributed by atoms with E-state index in [1.54, 1.807) is 0 Å². The van der Waals surface area contributed by atoms with Crippen molar-refractivity contribution in [1.82, 2.24) is 19.7 Å². The van der Waals surface area contributed by atoms with Gasteiger partial charge in [0, 0.05) is 37.4 Å². The molecule has 0 aliphatic heterocycles. The smallest absolute Gasteiger partial charge is 0.221 e. The summed E-state index contributed by atoms with van der Waals surface area (Å²) >= 11 is 0. The van der Waals surface area contributed by atoms with E-state index in [0.29, 0.717) is 19.5 Å². The number of para-hydroxylation sites is 2. The minimum atomic E-state index is 0.0724. The van der Waals surface area contributed by atoms with Gasteiger partial charge in [-0.25, -0.2) is 4.68 Å². The lowest BCUT2D eigenvalue weighted by atomic mass is 10.2. The highest BCUT2D eigenvalue weighted by Crippen LogP contribution is 2.15. The van der Waals surface area contributed by atoms with Crippen LogP contribution in [0, 0.1) is 0 Å². The zero-order chi connectivity index (χ0) is 18.5. The molecule has 0 unspecified atom stereocenters. The molecule has 0 bridgehead atoms. The minimum Gasteiger partial charge on any atom is -0.356 e. The molecule has 0 saturated carbocycles. The summed E-state index contributed by atoms with van der Waals surface area (Å²) in [6.45, 7) is 1.30. The van der Waals surface area contributed by atoms with E-state index in [1.807, 2.05) is 65.7 Å². The number of fused-ring (bicyclic) bond motifs is 1. The predicted octanol–water partition coefficient (Wildman–Crippen LogP) is 3.58. The highest BCUT2D eigenvalue weighted by atomic mass is 16.1. The number of nitrogens with zero attached hydrogens (tertiary/aromatic N) is 3. The van der Waals surface area contributed by atoms with Crippen LogP contribution in [0.5, 0.6) is 0 Å². The quantitative estimate of drug-likeness (QED) is 0.549. The first kappa shape index (κ1) is 17.1. The van der Waals surface area contributed by atoms with E-state index in [4.69, 9.17) is 0 Å². The van der Waals surface area contributed by atoms with Gasteiger partial charge in [-0.15, -0.1) is 0 Å². The lowest BCUT2D eigenvalue weighted by molar-refractivity contribution is -0.121. The molecule has 2 aromatic heterocycles. The lowest BCUT2D eigenvalue weighted by Crippen LogP contribution is -2.26. The number of nitrogens with one attached hydrogen (secondary N) is 1. The van der Waals surface area contributed by atoms with Gasteiger partial charge >= 0.3 is 0 Å². The first-order chi connectivity index (χ1) is 13.3. The number of hydrogen-bond donors (Lipinski definition) is 1. The Balaban J connectivity index is 1.25. The Morgan fingerprint density at radius 2 is 1.81 bits per heavy atom. The number of rotatable bonds is 7. The number of carbonyl (C=O) groups excluding carboxylic acids is 1. The summed E-state index contributed by atoms with van der Waals surface area (Å²) in [4.78, 5) is 12.1. The summed E-state index contributed by atoms with van der Waals surface area (Å²) in [6, 6.07) is 20.3. The molecule has 27 heavy (non-hydrogen) atoms. The molecule has 0 radical (unpaired) electrons. The highest BCUT2D eigenvalue weighted by Gasteiger charge is 2.05. The van der Waals surface area contributed by atoms with E-state index in [9.17, 15) is 4.79 Å². The van der Waals surface area contributed by atoms with Crippen molar-refractivity contribution in [3.8, 4) is 5.69 Å². The van der Waals surface area contributed by atoms with Crippen LogP contribution in [-0.4, -0.2) is 26.8 Å². The molecule has 2 aromatic carbocycles. The van der Waals surface area contributed by atoms with Crippen molar-refractivity contribution in [1.29, 1.82) is 0 Å². The van der Waals surface area contributed by atoms with Crippen molar-refractivity contribution in [2.75, 3.05) is 6.54 Å². The van der Waals surface area contributed by atoms with Gasteiger partial charge in [0.25, 0.3) is 0 Å². The van der Waals surface area contributed by atoms with E-state index in [-0.39, 0.29) is 5.91 Å². The van der Waals surface area contributed by atoms with E-state index in [1.165, 1.54) is 10.9 Å². The van der Waals surface area contributed by atoms with Gasteiger partial charge in [-0.3, -0.25) is 4.79 Å². The summed E-state index contributed by atoms with van der Waals surface area (Å²) in [5, 5.41) is 8.59. The van der Waals surface area contributed by atoms with E-state index in [2.05, 4.69) is 33.2 Å². The highest BCUT2D eigenvalue weighted by molar-refractivity contribution is 5.80. The first-order valence-electron chi connectivity index (χ1n) is 9.19. The fourth-order valence-corrected chi connectivity index (χ4v) is 3.20. The predicted molar refractivity (Wildman–Crippen MR) is 107 cm³/mol. The number of aryl methyl sites for hydroxylation is 1. The third-order valence-corrected chi connectivity index (χ3v) is 4.65. The molecular formula is C22H22N4O. The largest absolute Gasteiger partial charge is 0.356 e. The van der Waals surface area contributed by atoms with Crippen molar-refractivity contribution in [2.24, 2.45) is 0 Å². The van der Waals surface area contributed by atoms with Crippen molar-refractivity contribution >= 4 is 16.8 Å². The van der Waals surface area contributed by atoms with Crippen LogP contribution in [-0.2, 0) is 17.8 Å². The van der Waals surface area contributed by atoms with Crippen LogP contribution in [0.3, 0.4) is 0 Å². The Bertz CT molecular complexity index is 1030. The number of aromatic nitrogens is 3. The van der Waals surface area contributed by atoms with Gasteiger partial charge in [0.1, 0.15) is 0 Å². The van der Waals surface area contributed by atoms with Crippen molar-refractivity contribution in [3.63, 3.8) is 0 Å². The Labute approximate surface area is 158 Å². The van der Waals surface area contributed by atoms with Crippen LogP contribution in [0.2, 0.25) is 0 Å². The van der Waals surface area contributed by atoms with Gasteiger partial charge in [0.05, 0.1) is 11.9 Å². The van der Waals surface area contributed by atoms with Gasteiger partial charge in [-0.1, -0.05) is 36.4 Å². The molecule has 0 spiro atoms. The molecule has 0 aliphatic rings. The van der Waals surface area contributed by atoms with E-state index < -0.39 is 0 Å². The molecule has 2 heterocycles. The molecule has 1 N–H and O–H groups in total. The van der Waals surface area contributed by atoms with Gasteiger partial charge < -0.3 is 9.88 Å². The van der Waals surface area contributed by atoms with Gasteiger partial charge in [0.15, 0.2) is 0 Å². The fraction of sp³-hybridized carbons (Fsp3) is 0.182. The van der Waals surface area contributed by atoms with Crippen LogP contribution in [0.15, 0.2) is 79.3 Å². The fourth-order valence-electron chi connectivity index (χ4n) is 3.20. The maximum Gasteiger partial charge on any atom is 0.221 e. The average molecular weight is 358 g/mol. The normalized spacial score (nSPS) is 11.0. The number of hydrogen-bond acceptors (Lipinski definition) is 2. The topological polar surface area (TPSA) is 51.9 Å². The zero-order valence-electron chi connectivity index (χ0n) is 15.1. The van der Waals surface area contributed by atoms with E-state index in [0.717, 1.165) is 17.7 Å². The Kier molecular flexibility index (Phi) is 5.01. The summed E-state index contributed by atoms with van der Waals surface area (Å²) in [6.07, 6.45) is 7.14. The van der Waals surface area contributed by atoms with Crippen molar-refractivity contribution in [2.45, 2.75) is 19.4 Å². The molecule has 4 aromatic rings. The SMILES string of the molecule is O=C(CCn1ccc2ccccc21)NCCc1cnn(-c2ccccc2)c1. The van der Waals surface area contributed by atoms with Gasteiger partial charge in [-0.05, 0) is 41.6 Å². The third kappa shape index (κ3) is 4.08. The van der Waals surface area contributed by atoms with Crippen molar-refractivity contribution < 1.29 is 4.79 Å². The van der Waals surface area contributed by atoms with E-state index >= 15 is 0 Å². The standard InChI is InChI=1S/C22H22N4O/c27-22(12-15-25-14-11-19-6-4-5-9-21(19)25)23-13-10-18-16-24-26(17-18)20-7-2-1-3-8-20/h1-9,11,14,16-17H,10,12-13,15H2,(H,23,27). The Morgan fingerprint density at radius 1 is 1.00 bits per heavy atom. The van der Waals surface area contributed by atoms with Crippen LogP contribution in [0.4, 0.5) is 0 Å². The second-order valence-corrected chi connectivity index (χ2v) is 6.55. The number of benzene rings is 2. The summed E-state index contributed by atoms with van der Waals surface area (Å²) in [5.74, 6) is 0.0724. The molecule has 0 fully saturated rings. The van der Waals surface area contributed by atoms with Crippen LogP contribution in [0.1, 0.15) is 12.0 Å². The summed E-state index contributed by atoms with van der Waals surface area (Å²) in [7, 11) is 0. The third-order valence-electron chi connectivity index (χ3n) is 4.65. The molecule has 0 saturated heterocycles. The van der Waals surface area contributed by atoms with Gasteiger partial charge in [-0.2, -0.15) is 5.10 Å². The Hall–Kier alpha value is -3.34. The number of amides is 1. The summed E-state index contributed by atoms with van der Waals surface area (Å²) in [5.41, 5.74) is 3.31.